The SMILES string of the molecule is N#Cc1ccc(N2CCCC(C(F)(F)F)C2)cc1Cl. The van der Waals surface area contributed by atoms with E-state index in [1.807, 2.05) is 6.07 Å². The van der Waals surface area contributed by atoms with Crippen LogP contribution in [0.2, 0.25) is 5.02 Å². The third-order valence-corrected chi connectivity index (χ3v) is 3.64. The van der Waals surface area contributed by atoms with E-state index in [4.69, 9.17) is 16.9 Å². The monoisotopic (exact) mass is 288 g/mol. The molecule has 2 rings (SSSR count). The topological polar surface area (TPSA) is 27.0 Å². The van der Waals surface area contributed by atoms with E-state index in [1.165, 1.54) is 6.07 Å². The Kier molecular flexibility index (Phi) is 3.91. The molecule has 1 atom stereocenters. The second-order valence-electron chi connectivity index (χ2n) is 4.60. The normalized spacial score (nSPS) is 20.2. The van der Waals surface area contributed by atoms with Crippen LogP contribution < -0.4 is 4.90 Å². The number of halogens is 4. The van der Waals surface area contributed by atoms with Crippen molar-refractivity contribution in [3.05, 3.63) is 28.8 Å². The molecule has 1 aromatic carbocycles. The highest BCUT2D eigenvalue weighted by molar-refractivity contribution is 6.32. The van der Waals surface area contributed by atoms with E-state index >= 15 is 0 Å². The van der Waals surface area contributed by atoms with Gasteiger partial charge in [0.25, 0.3) is 0 Å². The zero-order valence-corrected chi connectivity index (χ0v) is 10.8. The number of benzene rings is 1. The maximum Gasteiger partial charge on any atom is 0.393 e. The van der Waals surface area contributed by atoms with Gasteiger partial charge in [0, 0.05) is 18.8 Å². The summed E-state index contributed by atoms with van der Waals surface area (Å²) in [7, 11) is 0. The molecule has 1 aromatic rings. The van der Waals surface area contributed by atoms with Crippen molar-refractivity contribution in [2.45, 2.75) is 19.0 Å². The summed E-state index contributed by atoms with van der Waals surface area (Å²) in [4.78, 5) is 1.68. The van der Waals surface area contributed by atoms with Gasteiger partial charge in [0.1, 0.15) is 6.07 Å². The largest absolute Gasteiger partial charge is 0.393 e. The lowest BCUT2D eigenvalue weighted by atomic mass is 9.97. The third kappa shape index (κ3) is 3.13. The number of hydrogen-bond acceptors (Lipinski definition) is 2. The van der Waals surface area contributed by atoms with Crippen molar-refractivity contribution in [3.8, 4) is 6.07 Å². The molecule has 2 nitrogen and oxygen atoms in total. The first-order chi connectivity index (χ1) is 8.91. The number of nitriles is 1. The molecule has 1 saturated heterocycles. The van der Waals surface area contributed by atoms with Crippen molar-refractivity contribution in [2.75, 3.05) is 18.0 Å². The molecule has 0 saturated carbocycles. The fourth-order valence-electron chi connectivity index (χ4n) is 2.27. The molecule has 0 spiro atoms. The van der Waals surface area contributed by atoms with Gasteiger partial charge >= 0.3 is 6.18 Å². The molecule has 1 aliphatic rings. The van der Waals surface area contributed by atoms with E-state index in [2.05, 4.69) is 0 Å². The second-order valence-corrected chi connectivity index (χ2v) is 5.01. The fourth-order valence-corrected chi connectivity index (χ4v) is 2.49. The fraction of sp³-hybridized carbons (Fsp3) is 0.462. The molecule has 0 aliphatic carbocycles. The molecule has 0 amide bonds. The molecule has 19 heavy (non-hydrogen) atoms. The number of anilines is 1. The van der Waals surface area contributed by atoms with E-state index in [-0.39, 0.29) is 18.0 Å². The molecule has 0 aromatic heterocycles. The highest BCUT2D eigenvalue weighted by Gasteiger charge is 2.41. The van der Waals surface area contributed by atoms with Gasteiger partial charge in [-0.05, 0) is 31.0 Å². The van der Waals surface area contributed by atoms with Crippen molar-refractivity contribution >= 4 is 17.3 Å². The van der Waals surface area contributed by atoms with Crippen LogP contribution in [0.5, 0.6) is 0 Å². The predicted molar refractivity (Wildman–Crippen MR) is 67.2 cm³/mol. The molecule has 0 radical (unpaired) electrons. The van der Waals surface area contributed by atoms with Crippen LogP contribution in [0.25, 0.3) is 0 Å². The molecular weight excluding hydrogens is 277 g/mol. The standard InChI is InChI=1S/C13H12ClF3N2/c14-12-6-11(4-3-9(12)7-18)19-5-1-2-10(8-19)13(15,16)17/h3-4,6,10H,1-2,5,8H2. The van der Waals surface area contributed by atoms with Crippen molar-refractivity contribution < 1.29 is 13.2 Å². The van der Waals surface area contributed by atoms with Gasteiger partial charge in [0.05, 0.1) is 16.5 Å². The quantitative estimate of drug-likeness (QED) is 0.781. The Balaban J connectivity index is 2.18. The minimum Gasteiger partial charge on any atom is -0.371 e. The van der Waals surface area contributed by atoms with E-state index in [9.17, 15) is 13.2 Å². The average Bonchev–Trinajstić information content (AvgIpc) is 2.38. The van der Waals surface area contributed by atoms with Gasteiger partial charge in [-0.25, -0.2) is 0 Å². The Labute approximate surface area is 114 Å². The third-order valence-electron chi connectivity index (χ3n) is 3.32. The lowest BCUT2D eigenvalue weighted by Gasteiger charge is -2.35. The van der Waals surface area contributed by atoms with Crippen LogP contribution in [-0.2, 0) is 0 Å². The summed E-state index contributed by atoms with van der Waals surface area (Å²) < 4.78 is 38.2. The van der Waals surface area contributed by atoms with Crippen LogP contribution in [-0.4, -0.2) is 19.3 Å². The summed E-state index contributed by atoms with van der Waals surface area (Å²) in [6, 6.07) is 6.66. The smallest absolute Gasteiger partial charge is 0.371 e. The minimum atomic E-state index is -4.16. The summed E-state index contributed by atoms with van der Waals surface area (Å²) in [6.07, 6.45) is -3.49. The number of alkyl halides is 3. The minimum absolute atomic E-state index is 0.0499. The molecular formula is C13H12ClF3N2. The maximum atomic E-state index is 12.7. The summed E-state index contributed by atoms with van der Waals surface area (Å²) >= 11 is 5.90. The van der Waals surface area contributed by atoms with Crippen LogP contribution in [0, 0.1) is 17.2 Å². The summed E-state index contributed by atoms with van der Waals surface area (Å²) in [5.74, 6) is -1.30. The first-order valence-corrected chi connectivity index (χ1v) is 6.31. The van der Waals surface area contributed by atoms with Gasteiger partial charge in [-0.15, -0.1) is 0 Å². The van der Waals surface area contributed by atoms with Gasteiger partial charge in [-0.1, -0.05) is 11.6 Å². The summed E-state index contributed by atoms with van der Waals surface area (Å²) in [5.41, 5.74) is 0.966. The van der Waals surface area contributed by atoms with Gasteiger partial charge in [0.15, 0.2) is 0 Å². The molecule has 102 valence electrons. The molecule has 1 unspecified atom stereocenters. The highest BCUT2D eigenvalue weighted by Crippen LogP contribution is 2.35. The summed E-state index contributed by atoms with van der Waals surface area (Å²) in [6.45, 7) is 0.528. The van der Waals surface area contributed by atoms with E-state index < -0.39 is 12.1 Å². The van der Waals surface area contributed by atoms with Gasteiger partial charge in [0.2, 0.25) is 0 Å². The van der Waals surface area contributed by atoms with Gasteiger partial charge in [-0.2, -0.15) is 18.4 Å². The number of rotatable bonds is 1. The Hall–Kier alpha value is -1.41. The first-order valence-electron chi connectivity index (χ1n) is 5.93. The van der Waals surface area contributed by atoms with E-state index in [0.717, 1.165) is 0 Å². The van der Waals surface area contributed by atoms with Crippen LogP contribution in [0.1, 0.15) is 18.4 Å². The zero-order valence-electron chi connectivity index (χ0n) is 10.0. The van der Waals surface area contributed by atoms with Crippen molar-refractivity contribution in [1.29, 1.82) is 5.26 Å². The number of piperidine rings is 1. The molecule has 1 fully saturated rings. The Bertz CT molecular complexity index is 508. The molecule has 6 heteroatoms. The molecule has 1 aliphatic heterocycles. The van der Waals surface area contributed by atoms with Crippen LogP contribution in [0.15, 0.2) is 18.2 Å². The van der Waals surface area contributed by atoms with E-state index in [0.29, 0.717) is 24.2 Å². The first kappa shape index (κ1) is 14.0. The highest BCUT2D eigenvalue weighted by atomic mass is 35.5. The zero-order chi connectivity index (χ0) is 14.0. The second kappa shape index (κ2) is 5.30. The summed E-state index contributed by atoms with van der Waals surface area (Å²) in [5, 5.41) is 9.04. The average molecular weight is 289 g/mol. The van der Waals surface area contributed by atoms with E-state index in [1.54, 1.807) is 17.0 Å². The van der Waals surface area contributed by atoms with Gasteiger partial charge < -0.3 is 4.90 Å². The maximum absolute atomic E-state index is 12.7. The van der Waals surface area contributed by atoms with Crippen molar-refractivity contribution in [1.82, 2.24) is 0 Å². The Morgan fingerprint density at radius 1 is 1.37 bits per heavy atom. The lowest BCUT2D eigenvalue weighted by molar-refractivity contribution is -0.175. The molecule has 0 N–H and O–H groups in total. The Morgan fingerprint density at radius 3 is 2.68 bits per heavy atom. The predicted octanol–water partition coefficient (Wildman–Crippen LogP) is 3.99. The van der Waals surface area contributed by atoms with Crippen LogP contribution in [0.4, 0.5) is 18.9 Å². The number of hydrogen-bond donors (Lipinski definition) is 0. The van der Waals surface area contributed by atoms with Crippen LogP contribution >= 0.6 is 11.6 Å². The van der Waals surface area contributed by atoms with Crippen molar-refractivity contribution in [3.63, 3.8) is 0 Å². The molecule has 0 bridgehead atoms. The Morgan fingerprint density at radius 2 is 2.11 bits per heavy atom. The lowest BCUT2D eigenvalue weighted by Crippen LogP contribution is -2.41. The molecule has 1 heterocycles. The van der Waals surface area contributed by atoms with Crippen LogP contribution in [0.3, 0.4) is 0 Å². The van der Waals surface area contributed by atoms with Crippen molar-refractivity contribution in [2.24, 2.45) is 5.92 Å². The van der Waals surface area contributed by atoms with Gasteiger partial charge in [-0.3, -0.25) is 0 Å². The number of nitrogens with zero attached hydrogens (tertiary/aromatic N) is 2.